The molecule has 1 heterocycles. The summed E-state index contributed by atoms with van der Waals surface area (Å²) >= 11 is 0. The number of carbonyl (C=O) groups is 2. The van der Waals surface area contributed by atoms with Crippen molar-refractivity contribution in [2.45, 2.75) is 20.3 Å². The van der Waals surface area contributed by atoms with E-state index in [1.807, 2.05) is 6.92 Å². The zero-order valence-electron chi connectivity index (χ0n) is 11.3. The molecule has 1 fully saturated rings. The minimum absolute atomic E-state index is 0.160. The summed E-state index contributed by atoms with van der Waals surface area (Å²) in [7, 11) is 0. The molecule has 0 radical (unpaired) electrons. The van der Waals surface area contributed by atoms with Gasteiger partial charge in [-0.25, -0.2) is 9.69 Å². The van der Waals surface area contributed by atoms with Crippen molar-refractivity contribution >= 4 is 23.3 Å². The number of rotatable bonds is 3. The molecule has 1 aliphatic heterocycles. The van der Waals surface area contributed by atoms with Gasteiger partial charge in [0.15, 0.2) is 0 Å². The predicted octanol–water partition coefficient (Wildman–Crippen LogP) is 2.07. The molecule has 2 rings (SSSR count). The van der Waals surface area contributed by atoms with Gasteiger partial charge in [-0.1, -0.05) is 13.0 Å². The monoisotopic (exact) mass is 277 g/mol. The largest absolute Gasteiger partial charge is 0.336 e. The maximum atomic E-state index is 12.5. The second-order valence-corrected chi connectivity index (χ2v) is 4.99. The molecule has 1 atom stereocenters. The highest BCUT2D eigenvalue weighted by molar-refractivity contribution is 6.18. The van der Waals surface area contributed by atoms with Gasteiger partial charge in [0.2, 0.25) is 5.91 Å². The Hall–Kier alpha value is -2.44. The quantitative estimate of drug-likeness (QED) is 0.676. The first kappa shape index (κ1) is 14.0. The van der Waals surface area contributed by atoms with E-state index >= 15 is 0 Å². The van der Waals surface area contributed by atoms with Gasteiger partial charge >= 0.3 is 6.03 Å². The molecule has 0 saturated carbocycles. The standard InChI is InChI=1S/C13H15N3O4/c1-3-13(2)8-14-12(18)15(11(13)17)9-5-4-6-10(7-9)16(19)20/h4-7H,3,8H2,1-2H3,(H,14,18). The average molecular weight is 277 g/mol. The van der Waals surface area contributed by atoms with Crippen LogP contribution in [0.1, 0.15) is 20.3 Å². The lowest BCUT2D eigenvalue weighted by atomic mass is 9.84. The summed E-state index contributed by atoms with van der Waals surface area (Å²) in [6, 6.07) is 4.94. The maximum absolute atomic E-state index is 12.5. The van der Waals surface area contributed by atoms with Gasteiger partial charge in [0, 0.05) is 18.7 Å². The number of nitrogens with one attached hydrogen (secondary N) is 1. The Kier molecular flexibility index (Phi) is 3.44. The smallest absolute Gasteiger partial charge is 0.328 e. The normalized spacial score (nSPS) is 22.6. The van der Waals surface area contributed by atoms with Crippen LogP contribution < -0.4 is 10.2 Å². The highest BCUT2D eigenvalue weighted by Crippen LogP contribution is 2.31. The van der Waals surface area contributed by atoms with E-state index in [-0.39, 0.29) is 23.8 Å². The van der Waals surface area contributed by atoms with Crippen molar-refractivity contribution in [2.75, 3.05) is 11.4 Å². The third-order valence-corrected chi connectivity index (χ3v) is 3.63. The van der Waals surface area contributed by atoms with Crippen LogP contribution in [-0.4, -0.2) is 23.4 Å². The molecule has 1 unspecified atom stereocenters. The lowest BCUT2D eigenvalue weighted by Gasteiger charge is -2.37. The Morgan fingerprint density at radius 3 is 2.75 bits per heavy atom. The second-order valence-electron chi connectivity index (χ2n) is 4.99. The van der Waals surface area contributed by atoms with Crippen LogP contribution in [0.25, 0.3) is 0 Å². The summed E-state index contributed by atoms with van der Waals surface area (Å²) in [6.07, 6.45) is 0.567. The number of urea groups is 1. The van der Waals surface area contributed by atoms with Gasteiger partial charge in [-0.2, -0.15) is 0 Å². The molecule has 0 aromatic heterocycles. The zero-order valence-corrected chi connectivity index (χ0v) is 11.3. The van der Waals surface area contributed by atoms with Gasteiger partial charge < -0.3 is 5.32 Å². The third-order valence-electron chi connectivity index (χ3n) is 3.63. The number of hydrogen-bond donors (Lipinski definition) is 1. The van der Waals surface area contributed by atoms with Crippen LogP contribution in [-0.2, 0) is 4.79 Å². The Labute approximate surface area is 115 Å². The summed E-state index contributed by atoms with van der Waals surface area (Å²) in [5, 5.41) is 13.4. The molecule has 7 heteroatoms. The van der Waals surface area contributed by atoms with Crippen LogP contribution in [0, 0.1) is 15.5 Å². The van der Waals surface area contributed by atoms with Crippen LogP contribution in [0.3, 0.4) is 0 Å². The number of nitro groups is 1. The van der Waals surface area contributed by atoms with Crippen LogP contribution in [0.15, 0.2) is 24.3 Å². The molecule has 1 aliphatic rings. The SMILES string of the molecule is CCC1(C)CNC(=O)N(c2cccc([N+](=O)[O-])c2)C1=O. The van der Waals surface area contributed by atoms with Crippen LogP contribution in [0.5, 0.6) is 0 Å². The van der Waals surface area contributed by atoms with E-state index in [9.17, 15) is 19.7 Å². The van der Waals surface area contributed by atoms with Crippen LogP contribution >= 0.6 is 0 Å². The fraction of sp³-hybridized carbons (Fsp3) is 0.385. The van der Waals surface area contributed by atoms with Gasteiger partial charge in [0.25, 0.3) is 5.69 Å². The topological polar surface area (TPSA) is 92.6 Å². The molecule has 0 bridgehead atoms. The number of imide groups is 1. The fourth-order valence-corrected chi connectivity index (χ4v) is 2.04. The minimum atomic E-state index is -0.696. The van der Waals surface area contributed by atoms with E-state index in [0.717, 1.165) is 4.90 Å². The molecule has 1 aromatic rings. The molecular weight excluding hydrogens is 262 g/mol. The number of carbonyl (C=O) groups excluding carboxylic acids is 2. The number of hydrogen-bond acceptors (Lipinski definition) is 4. The lowest BCUT2D eigenvalue weighted by molar-refractivity contribution is -0.384. The van der Waals surface area contributed by atoms with Gasteiger partial charge in [-0.05, 0) is 19.4 Å². The second kappa shape index (κ2) is 4.92. The van der Waals surface area contributed by atoms with Crippen molar-refractivity contribution in [3.63, 3.8) is 0 Å². The Morgan fingerprint density at radius 2 is 2.15 bits per heavy atom. The van der Waals surface area contributed by atoms with Crippen molar-refractivity contribution < 1.29 is 14.5 Å². The fourth-order valence-electron chi connectivity index (χ4n) is 2.04. The highest BCUT2D eigenvalue weighted by atomic mass is 16.6. The molecule has 20 heavy (non-hydrogen) atoms. The first-order chi connectivity index (χ1) is 9.39. The number of anilines is 1. The molecule has 7 nitrogen and oxygen atoms in total. The van der Waals surface area contributed by atoms with Gasteiger partial charge in [0.05, 0.1) is 16.0 Å². The van der Waals surface area contributed by atoms with Crippen molar-refractivity contribution in [3.05, 3.63) is 34.4 Å². The summed E-state index contributed by atoms with van der Waals surface area (Å²) in [6.45, 7) is 3.90. The van der Waals surface area contributed by atoms with E-state index in [2.05, 4.69) is 5.32 Å². The highest BCUT2D eigenvalue weighted by Gasteiger charge is 2.43. The van der Waals surface area contributed by atoms with Gasteiger partial charge in [0.1, 0.15) is 0 Å². The van der Waals surface area contributed by atoms with Crippen molar-refractivity contribution in [1.29, 1.82) is 0 Å². The number of non-ortho nitro benzene ring substituents is 1. The molecule has 1 saturated heterocycles. The van der Waals surface area contributed by atoms with Crippen LogP contribution in [0.2, 0.25) is 0 Å². The minimum Gasteiger partial charge on any atom is -0.336 e. The van der Waals surface area contributed by atoms with Crippen molar-refractivity contribution in [3.8, 4) is 0 Å². The number of amides is 3. The zero-order chi connectivity index (χ0) is 14.9. The molecular formula is C13H15N3O4. The predicted molar refractivity (Wildman–Crippen MR) is 72.4 cm³/mol. The lowest BCUT2D eigenvalue weighted by Crippen LogP contribution is -2.59. The molecule has 3 amide bonds. The first-order valence-electron chi connectivity index (χ1n) is 6.26. The Balaban J connectivity index is 2.44. The first-order valence-corrected chi connectivity index (χ1v) is 6.26. The van der Waals surface area contributed by atoms with E-state index in [0.29, 0.717) is 6.42 Å². The molecule has 0 aliphatic carbocycles. The molecule has 0 spiro atoms. The third kappa shape index (κ3) is 2.22. The summed E-state index contributed by atoms with van der Waals surface area (Å²) in [5.74, 6) is -0.343. The summed E-state index contributed by atoms with van der Waals surface area (Å²) < 4.78 is 0. The molecule has 1 aromatic carbocycles. The number of benzene rings is 1. The van der Waals surface area contributed by atoms with Crippen molar-refractivity contribution in [1.82, 2.24) is 5.32 Å². The Bertz CT molecular complexity index is 587. The van der Waals surface area contributed by atoms with E-state index in [1.165, 1.54) is 24.3 Å². The molecule has 1 N–H and O–H groups in total. The Morgan fingerprint density at radius 1 is 1.45 bits per heavy atom. The van der Waals surface area contributed by atoms with E-state index < -0.39 is 16.4 Å². The number of nitrogens with zero attached hydrogens (tertiary/aromatic N) is 2. The van der Waals surface area contributed by atoms with Gasteiger partial charge in [-0.3, -0.25) is 14.9 Å². The van der Waals surface area contributed by atoms with Crippen LogP contribution in [0.4, 0.5) is 16.2 Å². The van der Waals surface area contributed by atoms with Crippen molar-refractivity contribution in [2.24, 2.45) is 5.41 Å². The summed E-state index contributed by atoms with van der Waals surface area (Å²) in [4.78, 5) is 35.6. The average Bonchev–Trinajstić information content (AvgIpc) is 2.44. The van der Waals surface area contributed by atoms with Gasteiger partial charge in [-0.15, -0.1) is 0 Å². The maximum Gasteiger partial charge on any atom is 0.328 e. The van der Waals surface area contributed by atoms with E-state index in [1.54, 1.807) is 6.92 Å². The molecule has 106 valence electrons. The van der Waals surface area contributed by atoms with E-state index in [4.69, 9.17) is 0 Å². The number of nitro benzene ring substituents is 1. The summed E-state index contributed by atoms with van der Waals surface area (Å²) in [5.41, 5.74) is -0.647.